The van der Waals surface area contributed by atoms with Gasteiger partial charge in [0, 0.05) is 18.1 Å². The predicted molar refractivity (Wildman–Crippen MR) is 55.0 cm³/mol. The summed E-state index contributed by atoms with van der Waals surface area (Å²) in [4.78, 5) is 3.08. The smallest absolute Gasteiger partial charge is 0.148 e. The minimum Gasteiger partial charge on any atom is -0.395 e. The van der Waals surface area contributed by atoms with Gasteiger partial charge in [-0.1, -0.05) is 0 Å². The van der Waals surface area contributed by atoms with Crippen LogP contribution in [0.2, 0.25) is 0 Å². The summed E-state index contributed by atoms with van der Waals surface area (Å²) >= 11 is 0. The van der Waals surface area contributed by atoms with Crippen LogP contribution >= 0.6 is 0 Å². The Labute approximate surface area is 75.7 Å². The molecule has 0 bridgehead atoms. The van der Waals surface area contributed by atoms with Gasteiger partial charge in [-0.05, 0) is 13.0 Å². The first-order valence-corrected chi connectivity index (χ1v) is 4.22. The average molecular weight is 179 g/mol. The third-order valence-corrected chi connectivity index (χ3v) is 2.07. The van der Waals surface area contributed by atoms with Gasteiger partial charge in [0.25, 0.3) is 0 Å². The Kier molecular flexibility index (Phi) is 1.58. The Morgan fingerprint density at radius 2 is 2.31 bits per heavy atom. The van der Waals surface area contributed by atoms with Crippen molar-refractivity contribution < 1.29 is 0 Å². The van der Waals surface area contributed by atoms with Crippen molar-refractivity contribution in [3.05, 3.63) is 12.3 Å². The Balaban J connectivity index is 2.69. The fourth-order valence-electron chi connectivity index (χ4n) is 1.46. The SMILES string of the molecule is CCNn1c(N)c(N)c2cc[nH]c21. The van der Waals surface area contributed by atoms with E-state index in [-0.39, 0.29) is 0 Å². The molecule has 0 spiro atoms. The zero-order chi connectivity index (χ0) is 9.42. The summed E-state index contributed by atoms with van der Waals surface area (Å²) in [6.45, 7) is 2.80. The fourth-order valence-corrected chi connectivity index (χ4v) is 1.46. The van der Waals surface area contributed by atoms with Gasteiger partial charge in [-0.15, -0.1) is 0 Å². The lowest BCUT2D eigenvalue weighted by Crippen LogP contribution is -2.16. The highest BCUT2D eigenvalue weighted by Crippen LogP contribution is 2.28. The molecular weight excluding hydrogens is 166 g/mol. The molecule has 0 amide bonds. The standard InChI is InChI=1S/C8H13N5/c1-2-12-13-7(10)6(9)5-3-4-11-8(5)13/h3-4,11-12H,2,9-10H2,1H3. The van der Waals surface area contributed by atoms with Crippen LogP contribution in [-0.4, -0.2) is 16.2 Å². The Morgan fingerprint density at radius 1 is 1.54 bits per heavy atom. The summed E-state index contributed by atoms with van der Waals surface area (Å²) in [6.07, 6.45) is 1.84. The summed E-state index contributed by atoms with van der Waals surface area (Å²) in [5, 5.41) is 0.957. The van der Waals surface area contributed by atoms with Crippen LogP contribution in [0.3, 0.4) is 0 Å². The molecule has 0 unspecified atom stereocenters. The van der Waals surface area contributed by atoms with E-state index < -0.39 is 0 Å². The number of rotatable bonds is 2. The summed E-state index contributed by atoms with van der Waals surface area (Å²) in [6, 6.07) is 1.91. The van der Waals surface area contributed by atoms with Crippen LogP contribution < -0.4 is 16.9 Å². The maximum absolute atomic E-state index is 5.81. The van der Waals surface area contributed by atoms with Crippen LogP contribution in [0.1, 0.15) is 6.92 Å². The zero-order valence-electron chi connectivity index (χ0n) is 7.46. The van der Waals surface area contributed by atoms with E-state index in [2.05, 4.69) is 10.4 Å². The van der Waals surface area contributed by atoms with E-state index >= 15 is 0 Å². The number of nitrogen functional groups attached to an aromatic ring is 2. The molecule has 0 saturated carbocycles. The van der Waals surface area contributed by atoms with Gasteiger partial charge in [0.1, 0.15) is 11.5 Å². The van der Waals surface area contributed by atoms with E-state index in [1.54, 1.807) is 4.68 Å². The number of aromatic amines is 1. The zero-order valence-corrected chi connectivity index (χ0v) is 7.46. The number of H-pyrrole nitrogens is 1. The van der Waals surface area contributed by atoms with Crippen LogP contribution in [0.5, 0.6) is 0 Å². The first kappa shape index (κ1) is 7.85. The largest absolute Gasteiger partial charge is 0.395 e. The second-order valence-electron chi connectivity index (χ2n) is 2.89. The van der Waals surface area contributed by atoms with Gasteiger partial charge >= 0.3 is 0 Å². The van der Waals surface area contributed by atoms with Gasteiger partial charge in [0.2, 0.25) is 0 Å². The Morgan fingerprint density at radius 3 is 3.00 bits per heavy atom. The van der Waals surface area contributed by atoms with Crippen LogP contribution in [0.15, 0.2) is 12.3 Å². The number of nitrogens with two attached hydrogens (primary N) is 2. The van der Waals surface area contributed by atoms with Gasteiger partial charge in [0.05, 0.1) is 5.69 Å². The Hall–Kier alpha value is -1.78. The van der Waals surface area contributed by atoms with Gasteiger partial charge in [-0.25, -0.2) is 4.68 Å². The predicted octanol–water partition coefficient (Wildman–Crippen LogP) is 0.697. The minimum absolute atomic E-state index is 0.559. The molecule has 0 aliphatic rings. The van der Waals surface area contributed by atoms with E-state index in [0.717, 1.165) is 17.6 Å². The average Bonchev–Trinajstić information content (AvgIpc) is 2.66. The highest BCUT2D eigenvalue weighted by Gasteiger charge is 2.11. The highest BCUT2D eigenvalue weighted by atomic mass is 15.4. The highest BCUT2D eigenvalue weighted by molar-refractivity contribution is 5.97. The lowest BCUT2D eigenvalue weighted by Gasteiger charge is -2.07. The van der Waals surface area contributed by atoms with E-state index in [4.69, 9.17) is 11.5 Å². The number of fused-ring (bicyclic) bond motifs is 1. The van der Waals surface area contributed by atoms with Crippen LogP contribution in [-0.2, 0) is 0 Å². The van der Waals surface area contributed by atoms with Crippen molar-refractivity contribution in [2.75, 3.05) is 23.4 Å². The van der Waals surface area contributed by atoms with Crippen molar-refractivity contribution in [3.63, 3.8) is 0 Å². The van der Waals surface area contributed by atoms with Crippen molar-refractivity contribution in [3.8, 4) is 0 Å². The molecular formula is C8H13N5. The van der Waals surface area contributed by atoms with Crippen LogP contribution in [0.4, 0.5) is 11.5 Å². The van der Waals surface area contributed by atoms with Crippen molar-refractivity contribution >= 4 is 22.5 Å². The molecule has 2 heterocycles. The summed E-state index contributed by atoms with van der Waals surface area (Å²) in [5.41, 5.74) is 16.3. The molecule has 2 aromatic rings. The first-order chi connectivity index (χ1) is 6.25. The topological polar surface area (TPSA) is 84.8 Å². The maximum Gasteiger partial charge on any atom is 0.148 e. The maximum atomic E-state index is 5.81. The molecule has 0 fully saturated rings. The van der Waals surface area contributed by atoms with Crippen molar-refractivity contribution in [2.24, 2.45) is 0 Å². The van der Waals surface area contributed by atoms with Crippen LogP contribution in [0, 0.1) is 0 Å². The van der Waals surface area contributed by atoms with E-state index in [0.29, 0.717) is 11.5 Å². The molecule has 0 aliphatic heterocycles. The summed E-state index contributed by atoms with van der Waals surface area (Å²) in [5.74, 6) is 0.559. The summed E-state index contributed by atoms with van der Waals surface area (Å²) in [7, 11) is 0. The number of anilines is 2. The summed E-state index contributed by atoms with van der Waals surface area (Å²) < 4.78 is 1.77. The minimum atomic E-state index is 0.559. The fraction of sp³-hybridized carbons (Fsp3) is 0.250. The number of hydrogen-bond donors (Lipinski definition) is 4. The molecule has 5 nitrogen and oxygen atoms in total. The monoisotopic (exact) mass is 179 g/mol. The normalized spacial score (nSPS) is 10.8. The lowest BCUT2D eigenvalue weighted by molar-refractivity contribution is 0.901. The van der Waals surface area contributed by atoms with Crippen LogP contribution in [0.25, 0.3) is 11.0 Å². The molecule has 6 N–H and O–H groups in total. The molecule has 2 rings (SSSR count). The van der Waals surface area contributed by atoms with Gasteiger partial charge in [-0.3, -0.25) is 0 Å². The van der Waals surface area contributed by atoms with E-state index in [1.165, 1.54) is 0 Å². The molecule has 0 atom stereocenters. The van der Waals surface area contributed by atoms with Crippen molar-refractivity contribution in [1.82, 2.24) is 9.66 Å². The molecule has 0 saturated heterocycles. The van der Waals surface area contributed by atoms with Gasteiger partial charge in [-0.2, -0.15) is 0 Å². The number of nitrogens with zero attached hydrogens (tertiary/aromatic N) is 1. The molecule has 0 radical (unpaired) electrons. The number of nitrogens with one attached hydrogen (secondary N) is 2. The van der Waals surface area contributed by atoms with E-state index in [9.17, 15) is 0 Å². The first-order valence-electron chi connectivity index (χ1n) is 4.22. The second-order valence-corrected chi connectivity index (χ2v) is 2.89. The quantitative estimate of drug-likeness (QED) is 0.547. The molecule has 0 aliphatic carbocycles. The third-order valence-electron chi connectivity index (χ3n) is 2.07. The van der Waals surface area contributed by atoms with Crippen molar-refractivity contribution in [1.29, 1.82) is 0 Å². The van der Waals surface area contributed by atoms with Crippen molar-refractivity contribution in [2.45, 2.75) is 6.92 Å². The van der Waals surface area contributed by atoms with E-state index in [1.807, 2.05) is 19.2 Å². The van der Waals surface area contributed by atoms with Gasteiger partial charge in [0.15, 0.2) is 0 Å². The Bertz CT molecular complexity index is 425. The lowest BCUT2D eigenvalue weighted by atomic mass is 10.3. The number of hydrogen-bond acceptors (Lipinski definition) is 3. The van der Waals surface area contributed by atoms with Gasteiger partial charge < -0.3 is 21.9 Å². The third kappa shape index (κ3) is 0.932. The molecule has 2 aromatic heterocycles. The number of aromatic nitrogens is 2. The second kappa shape index (κ2) is 2.62. The molecule has 5 heteroatoms. The molecule has 0 aromatic carbocycles. The molecule has 70 valence electrons. The molecule has 13 heavy (non-hydrogen) atoms.